The molecule has 2 aromatic heterocycles. The van der Waals surface area contributed by atoms with E-state index >= 15 is 0 Å². The van der Waals surface area contributed by atoms with Gasteiger partial charge >= 0.3 is 0 Å². The molecule has 1 atom stereocenters. The summed E-state index contributed by atoms with van der Waals surface area (Å²) in [5.74, 6) is 0.727. The van der Waals surface area contributed by atoms with Crippen molar-refractivity contribution < 1.29 is 0 Å². The zero-order valence-electron chi connectivity index (χ0n) is 19.4. The Balaban J connectivity index is 1.91. The maximum absolute atomic E-state index is 13.4. The maximum atomic E-state index is 13.4. The first kappa shape index (κ1) is 21.6. The second-order valence-corrected chi connectivity index (χ2v) is 9.38. The molecule has 0 saturated carbocycles. The van der Waals surface area contributed by atoms with E-state index in [9.17, 15) is 4.79 Å². The molecule has 1 unspecified atom stereocenters. The van der Waals surface area contributed by atoms with Gasteiger partial charge in [0, 0.05) is 31.7 Å². The fourth-order valence-electron chi connectivity index (χ4n) is 4.27. The highest BCUT2D eigenvalue weighted by atomic mass is 16.1. The number of benzene rings is 1. The summed E-state index contributed by atoms with van der Waals surface area (Å²) in [7, 11) is 2.13. The Morgan fingerprint density at radius 1 is 1.16 bits per heavy atom. The lowest BCUT2D eigenvalue weighted by molar-refractivity contribution is 0.117. The molecule has 1 aliphatic heterocycles. The second-order valence-electron chi connectivity index (χ2n) is 9.38. The topological polar surface area (TPSA) is 82.9 Å². The number of fused-ring (bicyclic) bond motifs is 1. The number of likely N-dealkylation sites (N-methyl/N-ethyl adjacent to an activating group) is 1. The Kier molecular flexibility index (Phi) is 5.70. The number of aryl methyl sites for hydroxylation is 2. The largest absolute Gasteiger partial charge is 0.321 e. The maximum Gasteiger partial charge on any atom is 0.253 e. The van der Waals surface area contributed by atoms with Crippen LogP contribution in [0.1, 0.15) is 55.7 Å². The van der Waals surface area contributed by atoms with Crippen LogP contribution in [0.15, 0.2) is 23.0 Å². The van der Waals surface area contributed by atoms with Gasteiger partial charge in [0.1, 0.15) is 6.04 Å². The predicted octanol–water partition coefficient (Wildman–Crippen LogP) is 2.61. The van der Waals surface area contributed by atoms with E-state index in [1.54, 1.807) is 0 Å². The van der Waals surface area contributed by atoms with Crippen molar-refractivity contribution in [3.05, 3.63) is 51.1 Å². The minimum atomic E-state index is -0.302. The molecule has 8 nitrogen and oxygen atoms in total. The van der Waals surface area contributed by atoms with Crippen LogP contribution in [0.5, 0.6) is 0 Å². The lowest BCUT2D eigenvalue weighted by atomic mass is 9.98. The van der Waals surface area contributed by atoms with E-state index in [4.69, 9.17) is 0 Å². The summed E-state index contributed by atoms with van der Waals surface area (Å²) in [6, 6.07) is 5.91. The van der Waals surface area contributed by atoms with Crippen LogP contribution in [0.3, 0.4) is 0 Å². The van der Waals surface area contributed by atoms with Crippen molar-refractivity contribution in [2.75, 3.05) is 33.2 Å². The Labute approximate surface area is 183 Å². The quantitative estimate of drug-likeness (QED) is 0.679. The van der Waals surface area contributed by atoms with Gasteiger partial charge in [-0.25, -0.2) is 4.68 Å². The molecule has 0 bridgehead atoms. The molecule has 0 spiro atoms. The molecule has 3 aromatic rings. The minimum Gasteiger partial charge on any atom is -0.321 e. The van der Waals surface area contributed by atoms with Gasteiger partial charge in [-0.15, -0.1) is 5.10 Å². The smallest absolute Gasteiger partial charge is 0.253 e. The summed E-state index contributed by atoms with van der Waals surface area (Å²) in [5, 5.41) is 13.8. The molecule has 31 heavy (non-hydrogen) atoms. The van der Waals surface area contributed by atoms with E-state index in [-0.39, 0.29) is 17.1 Å². The van der Waals surface area contributed by atoms with Crippen molar-refractivity contribution in [3.63, 3.8) is 0 Å². The average Bonchev–Trinajstić information content (AvgIpc) is 3.24. The van der Waals surface area contributed by atoms with Crippen molar-refractivity contribution in [1.82, 2.24) is 35.0 Å². The van der Waals surface area contributed by atoms with Crippen LogP contribution in [0, 0.1) is 13.8 Å². The molecule has 1 saturated heterocycles. The number of H-pyrrole nitrogens is 1. The van der Waals surface area contributed by atoms with Gasteiger partial charge in [-0.05, 0) is 74.2 Å². The number of aromatic amines is 1. The highest BCUT2D eigenvalue weighted by Gasteiger charge is 2.35. The van der Waals surface area contributed by atoms with Crippen LogP contribution >= 0.6 is 0 Å². The number of tetrazole rings is 1. The third kappa shape index (κ3) is 3.90. The summed E-state index contributed by atoms with van der Waals surface area (Å²) in [5.41, 5.74) is 3.55. The van der Waals surface area contributed by atoms with E-state index in [1.165, 1.54) is 5.56 Å². The van der Waals surface area contributed by atoms with Crippen molar-refractivity contribution in [1.29, 1.82) is 0 Å². The average molecular weight is 424 g/mol. The van der Waals surface area contributed by atoms with E-state index in [0.717, 1.165) is 54.9 Å². The fraction of sp³-hybridized carbons (Fsp3) is 0.565. The Morgan fingerprint density at radius 2 is 1.87 bits per heavy atom. The summed E-state index contributed by atoms with van der Waals surface area (Å²) in [4.78, 5) is 21.2. The van der Waals surface area contributed by atoms with Crippen LogP contribution in [0.25, 0.3) is 10.9 Å². The molecule has 0 amide bonds. The zero-order valence-corrected chi connectivity index (χ0v) is 19.4. The zero-order chi connectivity index (χ0) is 22.3. The molecular weight excluding hydrogens is 390 g/mol. The third-order valence-corrected chi connectivity index (χ3v) is 6.95. The number of aromatic nitrogens is 5. The first-order chi connectivity index (χ1) is 14.7. The van der Waals surface area contributed by atoms with Crippen LogP contribution in [0.4, 0.5) is 0 Å². The van der Waals surface area contributed by atoms with Gasteiger partial charge in [0.25, 0.3) is 5.56 Å². The SMILES string of the molecule is CCC(C)(C)n1nnnc1C(c1cc2ccc(C)c(C)c2[nH]c1=O)N1CCN(C)CC1. The molecule has 1 fully saturated rings. The van der Waals surface area contributed by atoms with Crippen LogP contribution in [-0.4, -0.2) is 68.2 Å². The molecule has 3 heterocycles. The normalized spacial score (nSPS) is 17.4. The molecule has 0 aliphatic carbocycles. The standard InChI is InChI=1S/C23H33N7O/c1-7-23(4,5)30-21(25-26-27-30)20(29-12-10-28(6)11-13-29)18-14-17-9-8-15(2)16(3)19(17)24-22(18)31/h8-9,14,20H,7,10-13H2,1-6H3,(H,24,31). The monoisotopic (exact) mass is 423 g/mol. The van der Waals surface area contributed by atoms with E-state index in [0.29, 0.717) is 5.56 Å². The summed E-state index contributed by atoms with van der Waals surface area (Å²) in [6.45, 7) is 14.1. The van der Waals surface area contributed by atoms with E-state index in [1.807, 2.05) is 10.7 Å². The molecular formula is C23H33N7O. The van der Waals surface area contributed by atoms with Gasteiger partial charge in [0.2, 0.25) is 0 Å². The third-order valence-electron chi connectivity index (χ3n) is 6.95. The minimum absolute atomic E-state index is 0.0750. The van der Waals surface area contributed by atoms with Gasteiger partial charge < -0.3 is 9.88 Å². The first-order valence-corrected chi connectivity index (χ1v) is 11.1. The number of piperazine rings is 1. The predicted molar refractivity (Wildman–Crippen MR) is 122 cm³/mol. The van der Waals surface area contributed by atoms with Crippen LogP contribution < -0.4 is 5.56 Å². The van der Waals surface area contributed by atoms with Gasteiger partial charge in [0.05, 0.1) is 11.1 Å². The molecule has 166 valence electrons. The van der Waals surface area contributed by atoms with Crippen molar-refractivity contribution in [2.45, 2.75) is 52.6 Å². The van der Waals surface area contributed by atoms with Crippen LogP contribution in [-0.2, 0) is 5.54 Å². The summed E-state index contributed by atoms with van der Waals surface area (Å²) >= 11 is 0. The van der Waals surface area contributed by atoms with Gasteiger partial charge in [-0.1, -0.05) is 19.1 Å². The van der Waals surface area contributed by atoms with Crippen LogP contribution in [0.2, 0.25) is 0 Å². The van der Waals surface area contributed by atoms with Gasteiger partial charge in [-0.2, -0.15) is 0 Å². The molecule has 4 rings (SSSR count). The summed E-state index contributed by atoms with van der Waals surface area (Å²) < 4.78 is 1.90. The van der Waals surface area contributed by atoms with Gasteiger partial charge in [0.15, 0.2) is 5.82 Å². The Morgan fingerprint density at radius 3 is 2.55 bits per heavy atom. The summed E-state index contributed by atoms with van der Waals surface area (Å²) in [6.07, 6.45) is 0.882. The van der Waals surface area contributed by atoms with Gasteiger partial charge in [-0.3, -0.25) is 9.69 Å². The van der Waals surface area contributed by atoms with E-state index < -0.39 is 0 Å². The number of nitrogens with one attached hydrogen (secondary N) is 1. The highest BCUT2D eigenvalue weighted by Crippen LogP contribution is 2.31. The number of rotatable bonds is 5. The highest BCUT2D eigenvalue weighted by molar-refractivity contribution is 5.83. The van der Waals surface area contributed by atoms with Crippen molar-refractivity contribution in [3.8, 4) is 0 Å². The second kappa shape index (κ2) is 8.16. The first-order valence-electron chi connectivity index (χ1n) is 11.1. The molecule has 0 radical (unpaired) electrons. The molecule has 8 heteroatoms. The molecule has 1 aromatic carbocycles. The fourth-order valence-corrected chi connectivity index (χ4v) is 4.27. The van der Waals surface area contributed by atoms with E-state index in [2.05, 4.69) is 84.1 Å². The Bertz CT molecular complexity index is 1140. The van der Waals surface area contributed by atoms with Crippen molar-refractivity contribution >= 4 is 10.9 Å². The molecule has 1 N–H and O–H groups in total. The Hall–Kier alpha value is -2.58. The number of pyridine rings is 1. The lowest BCUT2D eigenvalue weighted by Gasteiger charge is -2.38. The molecule has 1 aliphatic rings. The number of nitrogens with zero attached hydrogens (tertiary/aromatic N) is 6. The number of hydrogen-bond acceptors (Lipinski definition) is 6. The van der Waals surface area contributed by atoms with Crippen molar-refractivity contribution in [2.24, 2.45) is 0 Å². The lowest BCUT2D eigenvalue weighted by Crippen LogP contribution is -2.48. The number of hydrogen-bond donors (Lipinski definition) is 1.